The second kappa shape index (κ2) is 18.7. The van der Waals surface area contributed by atoms with E-state index in [1.54, 1.807) is 0 Å². The Labute approximate surface area is 317 Å². The molecule has 1 aromatic rings. The summed E-state index contributed by atoms with van der Waals surface area (Å²) in [7, 11) is 0. The van der Waals surface area contributed by atoms with Gasteiger partial charge in [-0.2, -0.15) is 33.7 Å². The number of alkyl halides is 5. The number of carbonyl (C=O) groups is 1. The fourth-order valence-corrected chi connectivity index (χ4v) is 11.1. The smallest absolute Gasteiger partial charge is 0.453 e. The highest BCUT2D eigenvalue weighted by Crippen LogP contribution is 2.63. The van der Waals surface area contributed by atoms with Gasteiger partial charge in [0.2, 0.25) is 0 Å². The number of halogens is 5. The minimum absolute atomic E-state index is 0.0175. The van der Waals surface area contributed by atoms with Gasteiger partial charge >= 0.3 is 12.1 Å². The fourth-order valence-electron chi connectivity index (χ4n) is 10.2. The molecule has 4 fully saturated rings. The number of Topliss-reactive ketones (excluding diaryl/α,β-unsaturated/α-hetero) is 1. The van der Waals surface area contributed by atoms with Gasteiger partial charge in [-0.3, -0.25) is 4.79 Å². The molecule has 0 radical (unpaired) electrons. The van der Waals surface area contributed by atoms with Crippen LogP contribution in [0, 0.1) is 23.2 Å². The zero-order valence-corrected chi connectivity index (χ0v) is 32.4. The van der Waals surface area contributed by atoms with E-state index < -0.39 is 18.5 Å². The van der Waals surface area contributed by atoms with Gasteiger partial charge in [-0.1, -0.05) is 51.5 Å². The lowest BCUT2D eigenvalue weighted by molar-refractivity contribution is -0.284. The molecule has 1 aromatic carbocycles. The lowest BCUT2D eigenvalue weighted by Gasteiger charge is -2.53. The van der Waals surface area contributed by atoms with Gasteiger partial charge in [-0.05, 0) is 129 Å². The molecule has 0 amide bonds. The molecule has 11 heteroatoms. The maximum atomic E-state index is 14.6. The minimum atomic E-state index is -5.46. The van der Waals surface area contributed by atoms with Gasteiger partial charge in [0.05, 0.1) is 12.7 Å². The Hall–Kier alpha value is -1.43. The topological polar surface area (TPSA) is 54.0 Å². The quantitative estimate of drug-likeness (QED) is 0.109. The van der Waals surface area contributed by atoms with Crippen LogP contribution in [0.25, 0.3) is 0 Å². The molecular weight excluding hydrogens is 712 g/mol. The average Bonchev–Trinajstić information content (AvgIpc) is 3.47. The molecule has 0 N–H and O–H groups in total. The second-order valence-electron chi connectivity index (χ2n) is 16.6. The predicted octanol–water partition coefficient (Wildman–Crippen LogP) is 12.1. The van der Waals surface area contributed by atoms with E-state index in [0.717, 1.165) is 139 Å². The number of benzene rings is 1. The Bertz CT molecular complexity index is 1320. The highest BCUT2D eigenvalue weighted by atomic mass is 32.2. The molecule has 5 aliphatic rings. The lowest BCUT2D eigenvalue weighted by atomic mass is 9.51. The van der Waals surface area contributed by atoms with Crippen molar-refractivity contribution >= 4 is 17.5 Å². The van der Waals surface area contributed by atoms with Gasteiger partial charge in [0.1, 0.15) is 5.75 Å². The largest absolute Gasteiger partial charge is 0.465 e. The van der Waals surface area contributed by atoms with Crippen molar-refractivity contribution in [3.05, 3.63) is 29.3 Å². The maximum Gasteiger partial charge on any atom is 0.453 e. The number of ether oxygens (including phenoxy) is 4. The van der Waals surface area contributed by atoms with Crippen LogP contribution in [0.3, 0.4) is 0 Å². The van der Waals surface area contributed by atoms with E-state index in [0.29, 0.717) is 30.1 Å². The van der Waals surface area contributed by atoms with E-state index in [2.05, 4.69) is 19.1 Å². The summed E-state index contributed by atoms with van der Waals surface area (Å²) in [6, 6.07) is 6.23. The van der Waals surface area contributed by atoms with E-state index >= 15 is 0 Å². The SMILES string of the molecule is CC12CCC3c4ccc(OC5CCCCO5)cc4C(=O)C(CCCCCCCCCSCCCC(F)(F)C(F)(F)F)C3C1CCC2OC1CCCCO1. The number of hydrogen-bond donors (Lipinski definition) is 0. The van der Waals surface area contributed by atoms with Crippen molar-refractivity contribution in [1.29, 1.82) is 0 Å². The van der Waals surface area contributed by atoms with Crippen LogP contribution in [0.1, 0.15) is 157 Å². The summed E-state index contributed by atoms with van der Waals surface area (Å²) in [5.41, 5.74) is 2.08. The number of unbranched alkanes of at least 4 members (excludes halogenated alkanes) is 6. The first-order chi connectivity index (χ1) is 25.5. The summed E-state index contributed by atoms with van der Waals surface area (Å²) in [4.78, 5) is 14.6. The van der Waals surface area contributed by atoms with Crippen LogP contribution in [0.15, 0.2) is 18.2 Å². The van der Waals surface area contributed by atoms with Crippen molar-refractivity contribution in [2.75, 3.05) is 24.7 Å². The molecule has 0 aromatic heterocycles. The minimum Gasteiger partial charge on any atom is -0.465 e. The third-order valence-electron chi connectivity index (χ3n) is 13.1. The summed E-state index contributed by atoms with van der Waals surface area (Å²) >= 11 is 1.46. The lowest BCUT2D eigenvalue weighted by Crippen LogP contribution is -2.50. The zero-order chi connectivity index (χ0) is 37.5. The van der Waals surface area contributed by atoms with Crippen LogP contribution in [0.5, 0.6) is 5.75 Å². The van der Waals surface area contributed by atoms with Gasteiger partial charge < -0.3 is 18.9 Å². The summed E-state index contributed by atoms with van der Waals surface area (Å²) in [6.45, 7) is 3.91. The Balaban J connectivity index is 1.01. The molecule has 8 unspecified atom stereocenters. The monoisotopic (exact) mass is 772 g/mol. The average molecular weight is 773 g/mol. The third-order valence-corrected chi connectivity index (χ3v) is 14.2. The molecule has 0 bridgehead atoms. The van der Waals surface area contributed by atoms with Crippen molar-refractivity contribution in [2.24, 2.45) is 23.2 Å². The molecule has 2 saturated carbocycles. The highest BCUT2D eigenvalue weighted by Gasteiger charge is 2.59. The first kappa shape index (κ1) is 41.2. The molecule has 53 heavy (non-hydrogen) atoms. The maximum absolute atomic E-state index is 14.6. The van der Waals surface area contributed by atoms with Gasteiger partial charge in [0, 0.05) is 30.9 Å². The molecule has 2 heterocycles. The van der Waals surface area contributed by atoms with Crippen molar-refractivity contribution in [3.8, 4) is 5.75 Å². The van der Waals surface area contributed by atoms with Crippen LogP contribution in [-0.2, 0) is 14.2 Å². The summed E-state index contributed by atoms with van der Waals surface area (Å²) in [6.07, 6.45) is 11.8. The van der Waals surface area contributed by atoms with Gasteiger partial charge in [0.15, 0.2) is 18.4 Å². The second-order valence-corrected chi connectivity index (χ2v) is 17.9. The predicted molar refractivity (Wildman–Crippen MR) is 198 cm³/mol. The molecule has 2 aliphatic heterocycles. The molecule has 5 nitrogen and oxygen atoms in total. The third kappa shape index (κ3) is 10.1. The standard InChI is InChI=1S/C42H61F5O5S/c1-40-23-21-31-30-18-17-29(51-36-15-8-10-24-49-36)28-33(30)39(48)32(38(31)34(40)19-20-35(40)52-37-16-9-11-25-50-37)14-7-5-3-2-4-6-12-26-53-27-13-22-41(43,44)42(45,46)47/h17-18,28,31-32,34-38H,2-16,19-27H2,1H3. The van der Waals surface area contributed by atoms with Crippen LogP contribution < -0.4 is 4.74 Å². The van der Waals surface area contributed by atoms with Crippen molar-refractivity contribution in [2.45, 2.75) is 172 Å². The Morgan fingerprint density at radius 1 is 0.811 bits per heavy atom. The van der Waals surface area contributed by atoms with E-state index in [-0.39, 0.29) is 42.2 Å². The fraction of sp³-hybridized carbons (Fsp3) is 0.833. The Morgan fingerprint density at radius 2 is 1.49 bits per heavy atom. The van der Waals surface area contributed by atoms with Crippen molar-refractivity contribution in [1.82, 2.24) is 0 Å². The van der Waals surface area contributed by atoms with Gasteiger partial charge in [0.25, 0.3) is 0 Å². The van der Waals surface area contributed by atoms with Crippen LogP contribution in [-0.4, -0.2) is 61.3 Å². The van der Waals surface area contributed by atoms with E-state index in [9.17, 15) is 26.7 Å². The number of ketones is 1. The molecule has 0 spiro atoms. The zero-order valence-electron chi connectivity index (χ0n) is 31.6. The molecule has 3 aliphatic carbocycles. The number of fused-ring (bicyclic) bond motifs is 5. The van der Waals surface area contributed by atoms with Gasteiger partial charge in [-0.25, -0.2) is 0 Å². The highest BCUT2D eigenvalue weighted by molar-refractivity contribution is 7.99. The first-order valence-corrected chi connectivity index (χ1v) is 21.9. The normalized spacial score (nSPS) is 31.9. The Morgan fingerprint density at radius 3 is 2.19 bits per heavy atom. The van der Waals surface area contributed by atoms with E-state index in [1.807, 2.05) is 6.07 Å². The van der Waals surface area contributed by atoms with Crippen LogP contribution in [0.4, 0.5) is 22.0 Å². The summed E-state index contributed by atoms with van der Waals surface area (Å²) < 4.78 is 87.9. The Kier molecular flexibility index (Phi) is 14.5. The van der Waals surface area contributed by atoms with Crippen LogP contribution in [0.2, 0.25) is 0 Å². The molecule has 2 saturated heterocycles. The number of thioether (sulfide) groups is 1. The summed E-state index contributed by atoms with van der Waals surface area (Å²) in [5.74, 6) is -1.41. The molecular formula is C42H61F5O5S. The molecule has 6 rings (SSSR count). The van der Waals surface area contributed by atoms with Gasteiger partial charge in [-0.15, -0.1) is 0 Å². The van der Waals surface area contributed by atoms with E-state index in [1.165, 1.54) is 17.3 Å². The number of hydrogen-bond acceptors (Lipinski definition) is 6. The molecule has 300 valence electrons. The number of rotatable bonds is 18. The summed E-state index contributed by atoms with van der Waals surface area (Å²) in [5, 5.41) is 0. The van der Waals surface area contributed by atoms with Crippen molar-refractivity contribution < 1.29 is 45.7 Å². The van der Waals surface area contributed by atoms with Crippen LogP contribution >= 0.6 is 11.8 Å². The first-order valence-electron chi connectivity index (χ1n) is 20.7. The molecule has 8 atom stereocenters. The van der Waals surface area contributed by atoms with E-state index in [4.69, 9.17) is 18.9 Å². The number of carbonyl (C=O) groups excluding carboxylic acids is 1. The van der Waals surface area contributed by atoms with Crippen molar-refractivity contribution in [3.63, 3.8) is 0 Å².